The summed E-state index contributed by atoms with van der Waals surface area (Å²) in [6, 6.07) is 8.44. The third-order valence-corrected chi connectivity index (χ3v) is 5.78. The molecule has 8 heteroatoms. The molecule has 0 unspecified atom stereocenters. The maximum absolute atomic E-state index is 12.4. The first-order valence-electron chi connectivity index (χ1n) is 12.4. The number of piperidine rings is 1. The number of hydrogen-bond donors (Lipinski definition) is 2. The number of anilines is 1. The normalized spacial score (nSPS) is 21.8. The van der Waals surface area contributed by atoms with Crippen molar-refractivity contribution in [2.24, 2.45) is 0 Å². The Labute approximate surface area is 204 Å². The Morgan fingerprint density at radius 1 is 0.853 bits per heavy atom. The van der Waals surface area contributed by atoms with Gasteiger partial charge in [-0.2, -0.15) is 0 Å². The number of nitrogens with zero attached hydrogens (tertiary/aromatic N) is 2. The Morgan fingerprint density at radius 2 is 1.32 bits per heavy atom. The predicted octanol–water partition coefficient (Wildman–Crippen LogP) is 4.28. The highest BCUT2D eigenvalue weighted by Crippen LogP contribution is 2.22. The molecule has 0 radical (unpaired) electrons. The van der Waals surface area contributed by atoms with E-state index in [9.17, 15) is 9.59 Å². The zero-order valence-corrected chi connectivity index (χ0v) is 21.6. The maximum atomic E-state index is 12.4. The summed E-state index contributed by atoms with van der Waals surface area (Å²) in [5, 5.41) is 5.97. The summed E-state index contributed by atoms with van der Waals surface area (Å²) in [6.45, 7) is 15.4. The van der Waals surface area contributed by atoms with Crippen LogP contribution in [-0.4, -0.2) is 66.6 Å². The second-order valence-corrected chi connectivity index (χ2v) is 11.5. The van der Waals surface area contributed by atoms with Gasteiger partial charge in [0.1, 0.15) is 11.2 Å². The summed E-state index contributed by atoms with van der Waals surface area (Å²) >= 11 is 0. The highest BCUT2D eigenvalue weighted by molar-refractivity contribution is 5.69. The molecule has 2 heterocycles. The van der Waals surface area contributed by atoms with Gasteiger partial charge in [-0.3, -0.25) is 4.90 Å². The van der Waals surface area contributed by atoms with Crippen LogP contribution in [0.3, 0.4) is 0 Å². The van der Waals surface area contributed by atoms with Crippen molar-refractivity contribution in [2.75, 3.05) is 31.1 Å². The van der Waals surface area contributed by atoms with Crippen molar-refractivity contribution in [3.05, 3.63) is 29.8 Å². The highest BCUT2D eigenvalue weighted by atomic mass is 16.6. The molecule has 2 N–H and O–H groups in total. The van der Waals surface area contributed by atoms with Gasteiger partial charge in [0, 0.05) is 50.5 Å². The summed E-state index contributed by atoms with van der Waals surface area (Å²) in [4.78, 5) is 29.5. The Balaban J connectivity index is 1.64. The summed E-state index contributed by atoms with van der Waals surface area (Å²) in [5.41, 5.74) is 1.35. The van der Waals surface area contributed by atoms with Crippen LogP contribution in [-0.2, 0) is 16.0 Å². The van der Waals surface area contributed by atoms with Gasteiger partial charge < -0.3 is 25.0 Å². The van der Waals surface area contributed by atoms with Crippen molar-refractivity contribution in [3.8, 4) is 0 Å². The van der Waals surface area contributed by atoms with Gasteiger partial charge >= 0.3 is 12.2 Å². The molecule has 2 fully saturated rings. The van der Waals surface area contributed by atoms with Crippen molar-refractivity contribution in [1.82, 2.24) is 15.5 Å². The zero-order chi connectivity index (χ0) is 24.9. The molecule has 0 spiro atoms. The monoisotopic (exact) mass is 474 g/mol. The molecule has 0 aliphatic carbocycles. The molecule has 34 heavy (non-hydrogen) atoms. The molecular formula is C26H42N4O4. The van der Waals surface area contributed by atoms with E-state index in [1.807, 2.05) is 41.5 Å². The number of benzene rings is 1. The Kier molecular flexibility index (Phi) is 8.34. The Hall–Kier alpha value is -2.48. The topological polar surface area (TPSA) is 83.1 Å². The van der Waals surface area contributed by atoms with Crippen LogP contribution in [0.1, 0.15) is 66.4 Å². The third kappa shape index (κ3) is 8.70. The van der Waals surface area contributed by atoms with Crippen molar-refractivity contribution < 1.29 is 19.1 Å². The number of hydrogen-bond acceptors (Lipinski definition) is 6. The van der Waals surface area contributed by atoms with Crippen LogP contribution < -0.4 is 15.5 Å². The lowest BCUT2D eigenvalue weighted by Gasteiger charge is -2.38. The van der Waals surface area contributed by atoms with Crippen LogP contribution >= 0.6 is 0 Å². The molecule has 2 saturated heterocycles. The molecule has 2 aliphatic heterocycles. The van der Waals surface area contributed by atoms with Gasteiger partial charge in [0.25, 0.3) is 0 Å². The van der Waals surface area contributed by atoms with Gasteiger partial charge in [0.2, 0.25) is 0 Å². The maximum Gasteiger partial charge on any atom is 0.407 e. The molecule has 2 atom stereocenters. The number of nitrogens with one attached hydrogen (secondary N) is 2. The average molecular weight is 475 g/mol. The van der Waals surface area contributed by atoms with Crippen LogP contribution in [0.2, 0.25) is 0 Å². The molecule has 0 saturated carbocycles. The van der Waals surface area contributed by atoms with Crippen LogP contribution in [0, 0.1) is 0 Å². The van der Waals surface area contributed by atoms with Gasteiger partial charge in [-0.05, 0) is 78.5 Å². The van der Waals surface area contributed by atoms with E-state index < -0.39 is 23.4 Å². The minimum Gasteiger partial charge on any atom is -0.444 e. The second kappa shape index (κ2) is 10.8. The van der Waals surface area contributed by atoms with Crippen molar-refractivity contribution in [3.63, 3.8) is 0 Å². The molecule has 1 aromatic rings. The number of likely N-dealkylation sites (tertiary alicyclic amines) is 1. The lowest BCUT2D eigenvalue weighted by atomic mass is 10.00. The molecule has 2 amide bonds. The fourth-order valence-corrected chi connectivity index (χ4v) is 4.52. The quantitative estimate of drug-likeness (QED) is 0.663. The number of ether oxygens (including phenoxy) is 2. The lowest BCUT2D eigenvalue weighted by Crippen LogP contribution is -2.57. The summed E-state index contributed by atoms with van der Waals surface area (Å²) in [7, 11) is 0. The first-order chi connectivity index (χ1) is 15.9. The molecular weight excluding hydrogens is 432 g/mol. The van der Waals surface area contributed by atoms with Gasteiger partial charge in [-0.1, -0.05) is 12.1 Å². The Morgan fingerprint density at radius 3 is 1.76 bits per heavy atom. The Bertz CT molecular complexity index is 785. The van der Waals surface area contributed by atoms with Crippen LogP contribution in [0.15, 0.2) is 24.3 Å². The smallest absolute Gasteiger partial charge is 0.407 e. The number of carbonyl (C=O) groups is 2. The number of alkyl carbamates (subject to hydrolysis) is 2. The van der Waals surface area contributed by atoms with Crippen LogP contribution in [0.25, 0.3) is 0 Å². The van der Waals surface area contributed by atoms with Crippen molar-refractivity contribution in [1.29, 1.82) is 0 Å². The number of amides is 2. The van der Waals surface area contributed by atoms with Gasteiger partial charge in [-0.25, -0.2) is 9.59 Å². The van der Waals surface area contributed by atoms with Crippen molar-refractivity contribution in [2.45, 2.75) is 90.6 Å². The summed E-state index contributed by atoms with van der Waals surface area (Å²) in [6.07, 6.45) is 2.25. The third-order valence-electron chi connectivity index (χ3n) is 5.78. The number of carbonyl (C=O) groups excluding carboxylic acids is 2. The van der Waals surface area contributed by atoms with E-state index in [2.05, 4.69) is 44.7 Å². The molecule has 2 aliphatic rings. The standard InChI is InChI=1S/C26H42N4O4/c1-25(2,3)33-23(31)27-20-15-21(28-24(32)34-26(4,5)6)18-29(17-20)16-19-9-11-22(12-10-19)30-13-7-8-14-30/h9-12,20-21H,7-8,13-18H2,1-6H3,(H,27,31)(H,28,32)/t20-,21+. The molecule has 0 aromatic heterocycles. The van der Waals surface area contributed by atoms with E-state index in [1.165, 1.54) is 24.1 Å². The SMILES string of the molecule is CC(C)(C)OC(=O)N[C@@H]1C[C@H](NC(=O)OC(C)(C)C)CN(Cc2ccc(N3CCCC3)cc2)C1. The average Bonchev–Trinajstić information content (AvgIpc) is 3.20. The van der Waals surface area contributed by atoms with Gasteiger partial charge in [0.15, 0.2) is 0 Å². The van der Waals surface area contributed by atoms with Gasteiger partial charge in [0.05, 0.1) is 0 Å². The minimum atomic E-state index is -0.566. The van der Waals surface area contributed by atoms with E-state index in [1.54, 1.807) is 0 Å². The van der Waals surface area contributed by atoms with E-state index in [0.717, 1.165) is 19.6 Å². The van der Waals surface area contributed by atoms with Gasteiger partial charge in [-0.15, -0.1) is 0 Å². The molecule has 1 aromatic carbocycles. The van der Waals surface area contributed by atoms with Crippen LogP contribution in [0.5, 0.6) is 0 Å². The fraction of sp³-hybridized carbons (Fsp3) is 0.692. The summed E-state index contributed by atoms with van der Waals surface area (Å²) < 4.78 is 10.9. The molecule has 8 nitrogen and oxygen atoms in total. The fourth-order valence-electron chi connectivity index (χ4n) is 4.52. The number of rotatable bonds is 5. The molecule has 3 rings (SSSR count). The highest BCUT2D eigenvalue weighted by Gasteiger charge is 2.31. The first-order valence-corrected chi connectivity index (χ1v) is 12.4. The largest absolute Gasteiger partial charge is 0.444 e. The molecule has 190 valence electrons. The van der Waals surface area contributed by atoms with E-state index in [-0.39, 0.29) is 12.1 Å². The van der Waals surface area contributed by atoms with Crippen LogP contribution in [0.4, 0.5) is 15.3 Å². The predicted molar refractivity (Wildman–Crippen MR) is 134 cm³/mol. The van der Waals surface area contributed by atoms with Crippen molar-refractivity contribution >= 4 is 17.9 Å². The van der Waals surface area contributed by atoms with E-state index in [0.29, 0.717) is 19.5 Å². The lowest BCUT2D eigenvalue weighted by molar-refractivity contribution is 0.0409. The minimum absolute atomic E-state index is 0.146. The molecule has 0 bridgehead atoms. The van der Waals surface area contributed by atoms with E-state index >= 15 is 0 Å². The second-order valence-electron chi connectivity index (χ2n) is 11.5. The zero-order valence-electron chi connectivity index (χ0n) is 21.6. The summed E-state index contributed by atoms with van der Waals surface area (Å²) in [5.74, 6) is 0. The van der Waals surface area contributed by atoms with E-state index in [4.69, 9.17) is 9.47 Å². The first kappa shape index (κ1) is 26.1.